The van der Waals surface area contributed by atoms with E-state index in [1.165, 1.54) is 0 Å². The maximum absolute atomic E-state index is 11.7. The summed E-state index contributed by atoms with van der Waals surface area (Å²) >= 11 is 0. The van der Waals surface area contributed by atoms with Crippen LogP contribution in [0.2, 0.25) is 0 Å². The maximum atomic E-state index is 11.7. The van der Waals surface area contributed by atoms with Crippen molar-refractivity contribution >= 4 is 11.9 Å². The number of rotatable bonds is 6. The van der Waals surface area contributed by atoms with Crippen LogP contribution in [0, 0.1) is 0 Å². The molecule has 0 spiro atoms. The van der Waals surface area contributed by atoms with E-state index in [1.54, 1.807) is 6.92 Å². The number of benzene rings is 1. The molecule has 20 heavy (non-hydrogen) atoms. The van der Waals surface area contributed by atoms with Crippen LogP contribution in [0.5, 0.6) is 5.75 Å². The molecule has 0 heterocycles. The minimum atomic E-state index is -0.823. The van der Waals surface area contributed by atoms with Gasteiger partial charge in [0.2, 0.25) is 0 Å². The number of hydrogen-bond acceptors (Lipinski definition) is 3. The van der Waals surface area contributed by atoms with E-state index in [0.717, 1.165) is 16.2 Å². The Morgan fingerprint density at radius 2 is 1.95 bits per heavy atom. The predicted molar refractivity (Wildman–Crippen MR) is 75.4 cm³/mol. The molecule has 1 rings (SSSR count). The first-order valence-electron chi connectivity index (χ1n) is 6.58. The minimum Gasteiger partial charge on any atom is -0.494 e. The number of likely N-dealkylation sites (N-methyl/N-ethyl adjacent to an activating group) is 1. The molecule has 1 aromatic carbocycles. The SMILES string of the molecule is CCOc1ccc(C[NH+](C)[C@@H](C)C(=O)NC(N)=O)cc1. The molecule has 0 aliphatic carbocycles. The zero-order chi connectivity index (χ0) is 15.1. The Bertz CT molecular complexity index is 459. The summed E-state index contributed by atoms with van der Waals surface area (Å²) in [6.45, 7) is 4.99. The number of nitrogens with two attached hydrogens (primary N) is 1. The monoisotopic (exact) mass is 280 g/mol. The van der Waals surface area contributed by atoms with Gasteiger partial charge in [0.15, 0.2) is 6.04 Å². The van der Waals surface area contributed by atoms with Crippen LogP contribution in [-0.2, 0) is 11.3 Å². The van der Waals surface area contributed by atoms with Crippen LogP contribution >= 0.6 is 0 Å². The standard InChI is InChI=1S/C14H21N3O3/c1-4-20-12-7-5-11(6-8-12)9-17(3)10(2)13(18)16-14(15)19/h5-8,10H,4,9H2,1-3H3,(H3,15,16,18,19)/p+1/t10-/m0/s1. The second kappa shape index (κ2) is 7.49. The number of carbonyl (C=O) groups excluding carboxylic acids is 2. The Balaban J connectivity index is 2.58. The molecule has 0 radical (unpaired) electrons. The summed E-state index contributed by atoms with van der Waals surface area (Å²) in [5, 5.41) is 2.09. The lowest BCUT2D eigenvalue weighted by atomic mass is 10.2. The number of quaternary nitrogens is 1. The lowest BCUT2D eigenvalue weighted by molar-refractivity contribution is -0.908. The zero-order valence-electron chi connectivity index (χ0n) is 12.1. The molecule has 0 aliphatic heterocycles. The number of imide groups is 1. The van der Waals surface area contributed by atoms with Crippen molar-refractivity contribution in [2.45, 2.75) is 26.4 Å². The number of nitrogens with one attached hydrogen (secondary N) is 2. The number of carbonyl (C=O) groups is 2. The van der Waals surface area contributed by atoms with Crippen molar-refractivity contribution < 1.29 is 19.2 Å². The highest BCUT2D eigenvalue weighted by molar-refractivity contribution is 5.95. The van der Waals surface area contributed by atoms with E-state index in [9.17, 15) is 9.59 Å². The third-order valence-corrected chi connectivity index (χ3v) is 3.10. The molecule has 3 amide bonds. The first-order chi connectivity index (χ1) is 9.43. The molecule has 0 aromatic heterocycles. The number of urea groups is 1. The molecule has 0 saturated heterocycles. The largest absolute Gasteiger partial charge is 0.494 e. The molecule has 2 atom stereocenters. The molecule has 0 saturated carbocycles. The van der Waals surface area contributed by atoms with E-state index in [1.807, 2.05) is 38.2 Å². The van der Waals surface area contributed by atoms with Gasteiger partial charge >= 0.3 is 6.03 Å². The van der Waals surface area contributed by atoms with Crippen molar-refractivity contribution in [2.24, 2.45) is 5.73 Å². The van der Waals surface area contributed by atoms with Crippen molar-refractivity contribution in [2.75, 3.05) is 13.7 Å². The van der Waals surface area contributed by atoms with E-state index in [0.29, 0.717) is 13.2 Å². The molecule has 0 bridgehead atoms. The summed E-state index contributed by atoms with van der Waals surface area (Å²) in [6, 6.07) is 6.55. The van der Waals surface area contributed by atoms with Gasteiger partial charge in [-0.25, -0.2) is 4.79 Å². The van der Waals surface area contributed by atoms with E-state index >= 15 is 0 Å². The van der Waals surface area contributed by atoms with Crippen molar-refractivity contribution in [3.05, 3.63) is 29.8 Å². The summed E-state index contributed by atoms with van der Waals surface area (Å²) in [5.74, 6) is 0.453. The van der Waals surface area contributed by atoms with Crippen LogP contribution in [0.4, 0.5) is 4.79 Å². The number of primary amides is 1. The first-order valence-corrected chi connectivity index (χ1v) is 6.58. The van der Waals surface area contributed by atoms with Gasteiger partial charge in [-0.3, -0.25) is 10.1 Å². The molecule has 0 fully saturated rings. The summed E-state index contributed by atoms with van der Waals surface area (Å²) in [6.07, 6.45) is 0. The van der Waals surface area contributed by atoms with Crippen molar-refractivity contribution in [1.29, 1.82) is 0 Å². The lowest BCUT2D eigenvalue weighted by Crippen LogP contribution is -3.12. The normalized spacial score (nSPS) is 13.3. The highest BCUT2D eigenvalue weighted by atomic mass is 16.5. The average molecular weight is 280 g/mol. The topological polar surface area (TPSA) is 85.9 Å². The van der Waals surface area contributed by atoms with Crippen LogP contribution in [0.3, 0.4) is 0 Å². The molecular formula is C14H22N3O3+. The highest BCUT2D eigenvalue weighted by Crippen LogP contribution is 2.11. The van der Waals surface area contributed by atoms with Gasteiger partial charge in [-0.15, -0.1) is 0 Å². The van der Waals surface area contributed by atoms with E-state index < -0.39 is 6.03 Å². The van der Waals surface area contributed by atoms with Gasteiger partial charge in [-0.05, 0) is 38.1 Å². The van der Waals surface area contributed by atoms with E-state index in [4.69, 9.17) is 10.5 Å². The molecule has 1 unspecified atom stereocenters. The predicted octanol–water partition coefficient (Wildman–Crippen LogP) is -0.317. The summed E-state index contributed by atoms with van der Waals surface area (Å²) < 4.78 is 5.37. The smallest absolute Gasteiger partial charge is 0.319 e. The fourth-order valence-corrected chi connectivity index (χ4v) is 1.80. The Morgan fingerprint density at radius 3 is 2.45 bits per heavy atom. The zero-order valence-corrected chi connectivity index (χ0v) is 12.1. The molecule has 4 N–H and O–H groups in total. The molecule has 6 nitrogen and oxygen atoms in total. The molecule has 1 aromatic rings. The van der Waals surface area contributed by atoms with Gasteiger partial charge < -0.3 is 15.4 Å². The van der Waals surface area contributed by atoms with Crippen molar-refractivity contribution in [3.8, 4) is 5.75 Å². The van der Waals surface area contributed by atoms with Crippen molar-refractivity contribution in [1.82, 2.24) is 5.32 Å². The fourth-order valence-electron chi connectivity index (χ4n) is 1.80. The van der Waals surface area contributed by atoms with Crippen LogP contribution in [-0.4, -0.2) is 31.6 Å². The Hall–Kier alpha value is -2.08. The molecule has 110 valence electrons. The Kier molecular flexibility index (Phi) is 5.99. The number of ether oxygens (including phenoxy) is 1. The lowest BCUT2D eigenvalue weighted by Gasteiger charge is -2.20. The molecular weight excluding hydrogens is 258 g/mol. The van der Waals surface area contributed by atoms with Crippen LogP contribution in [0.15, 0.2) is 24.3 Å². The third-order valence-electron chi connectivity index (χ3n) is 3.10. The van der Waals surface area contributed by atoms with E-state index in [2.05, 4.69) is 5.32 Å². The highest BCUT2D eigenvalue weighted by Gasteiger charge is 2.22. The summed E-state index contributed by atoms with van der Waals surface area (Å²) in [4.78, 5) is 23.3. The Labute approximate surface area is 118 Å². The fraction of sp³-hybridized carbons (Fsp3) is 0.429. The minimum absolute atomic E-state index is 0.367. The molecule has 0 aliphatic rings. The van der Waals surface area contributed by atoms with Crippen LogP contribution < -0.4 is 20.7 Å². The van der Waals surface area contributed by atoms with Gasteiger partial charge in [0, 0.05) is 5.56 Å². The van der Waals surface area contributed by atoms with E-state index in [-0.39, 0.29) is 11.9 Å². The maximum Gasteiger partial charge on any atom is 0.319 e. The van der Waals surface area contributed by atoms with Gasteiger partial charge in [0.1, 0.15) is 12.3 Å². The summed E-state index contributed by atoms with van der Waals surface area (Å²) in [5.41, 5.74) is 6.02. The first kappa shape index (κ1) is 16.0. The number of amides is 3. The van der Waals surface area contributed by atoms with Crippen molar-refractivity contribution in [3.63, 3.8) is 0 Å². The second-order valence-electron chi connectivity index (χ2n) is 4.68. The quantitative estimate of drug-likeness (QED) is 0.668. The van der Waals surface area contributed by atoms with Gasteiger partial charge in [-0.1, -0.05) is 0 Å². The van der Waals surface area contributed by atoms with Crippen LogP contribution in [0.1, 0.15) is 19.4 Å². The van der Waals surface area contributed by atoms with Crippen LogP contribution in [0.25, 0.3) is 0 Å². The second-order valence-corrected chi connectivity index (χ2v) is 4.68. The third kappa shape index (κ3) is 4.89. The van der Waals surface area contributed by atoms with Gasteiger partial charge in [0.25, 0.3) is 5.91 Å². The molecule has 6 heteroatoms. The number of hydrogen-bond donors (Lipinski definition) is 3. The van der Waals surface area contributed by atoms with Gasteiger partial charge in [0.05, 0.1) is 13.7 Å². The van der Waals surface area contributed by atoms with Gasteiger partial charge in [-0.2, -0.15) is 0 Å². The Morgan fingerprint density at radius 1 is 1.35 bits per heavy atom. The average Bonchev–Trinajstić information content (AvgIpc) is 2.39. The summed E-state index contributed by atoms with van der Waals surface area (Å²) in [7, 11) is 1.89.